The van der Waals surface area contributed by atoms with Crippen molar-refractivity contribution >= 4 is 9.24 Å². The summed E-state index contributed by atoms with van der Waals surface area (Å²) in [7, 11) is 3.35. The van der Waals surface area contributed by atoms with Gasteiger partial charge in [0, 0.05) is 0 Å². The fourth-order valence-electron chi connectivity index (χ4n) is 1.40. The number of halogens is 2. The minimum absolute atomic E-state index is 0.558. The molecule has 2 unspecified atom stereocenters. The molecule has 1 nitrogen and oxygen atoms in total. The Bertz CT molecular complexity index is 125. The highest BCUT2D eigenvalue weighted by Gasteiger charge is 2.39. The Morgan fingerprint density at radius 1 is 1.42 bits per heavy atom. The monoisotopic (exact) mass is 197 g/mol. The zero-order valence-corrected chi connectivity index (χ0v) is 9.13. The van der Waals surface area contributed by atoms with E-state index in [-0.39, 0.29) is 0 Å². The summed E-state index contributed by atoms with van der Waals surface area (Å²) in [4.78, 5) is 1.72. The van der Waals surface area contributed by atoms with Crippen LogP contribution in [-0.4, -0.2) is 30.2 Å². The van der Waals surface area contributed by atoms with Gasteiger partial charge in [-0.05, 0) is 26.4 Å². The van der Waals surface area contributed by atoms with Crippen LogP contribution in [0.1, 0.15) is 26.7 Å². The predicted molar refractivity (Wildman–Crippen MR) is 51.7 cm³/mol. The molecule has 74 valence electrons. The van der Waals surface area contributed by atoms with Crippen LogP contribution in [0.5, 0.6) is 0 Å². The first-order valence-electron chi connectivity index (χ1n) is 4.39. The molecule has 1 aliphatic rings. The maximum absolute atomic E-state index is 12.6. The van der Waals surface area contributed by atoms with Crippen molar-refractivity contribution in [2.45, 2.75) is 38.4 Å². The summed E-state index contributed by atoms with van der Waals surface area (Å²) in [5.74, 6) is 0. The van der Waals surface area contributed by atoms with E-state index >= 15 is 0 Å². The van der Waals surface area contributed by atoms with Crippen LogP contribution < -0.4 is 0 Å². The highest BCUT2D eigenvalue weighted by Crippen LogP contribution is 2.35. The number of hydrogen-bond acceptors (Lipinski definition) is 1. The molecule has 0 N–H and O–H groups in total. The van der Waals surface area contributed by atoms with Crippen molar-refractivity contribution in [3.8, 4) is 0 Å². The Labute approximate surface area is 75.7 Å². The Morgan fingerprint density at radius 2 is 1.92 bits per heavy atom. The van der Waals surface area contributed by atoms with Gasteiger partial charge in [0.1, 0.15) is 0 Å². The van der Waals surface area contributed by atoms with Crippen LogP contribution >= 0.6 is 9.24 Å². The van der Waals surface area contributed by atoms with Crippen LogP contribution in [0.15, 0.2) is 0 Å². The standard InChI is InChI=1S/C6H12F2NP.C2H6/c1-9-4-2-3-5(9)6(7,8)10;1-2/h5H,2-4,10H2,1H3;1-2H3. The minimum Gasteiger partial charge on any atom is -0.298 e. The fourth-order valence-corrected chi connectivity index (χ4v) is 1.82. The molecule has 1 aliphatic heterocycles. The molecular weight excluding hydrogens is 179 g/mol. The van der Waals surface area contributed by atoms with Gasteiger partial charge >= 0.3 is 0 Å². The molecule has 0 aromatic heterocycles. The van der Waals surface area contributed by atoms with Crippen molar-refractivity contribution in [3.63, 3.8) is 0 Å². The van der Waals surface area contributed by atoms with Gasteiger partial charge in [0.05, 0.1) is 6.04 Å². The van der Waals surface area contributed by atoms with Crippen molar-refractivity contribution in [3.05, 3.63) is 0 Å². The molecule has 1 saturated heterocycles. The van der Waals surface area contributed by atoms with Crippen molar-refractivity contribution in [2.75, 3.05) is 13.6 Å². The summed E-state index contributed by atoms with van der Waals surface area (Å²) in [5.41, 5.74) is -2.61. The van der Waals surface area contributed by atoms with Crippen molar-refractivity contribution in [1.82, 2.24) is 4.90 Å². The van der Waals surface area contributed by atoms with Gasteiger partial charge in [-0.25, -0.2) is 8.78 Å². The first-order chi connectivity index (χ1) is 5.52. The van der Waals surface area contributed by atoms with Crippen LogP contribution in [0.3, 0.4) is 0 Å². The molecule has 0 bridgehead atoms. The van der Waals surface area contributed by atoms with Gasteiger partial charge in [-0.2, -0.15) is 0 Å². The molecule has 1 rings (SSSR count). The molecule has 0 radical (unpaired) electrons. The van der Waals surface area contributed by atoms with Gasteiger partial charge in [0.15, 0.2) is 0 Å². The van der Waals surface area contributed by atoms with Crippen LogP contribution in [0.2, 0.25) is 0 Å². The Kier molecular flexibility index (Phi) is 5.19. The summed E-state index contributed by atoms with van der Waals surface area (Å²) < 4.78 is 25.2. The number of likely N-dealkylation sites (tertiary alicyclic amines) is 1. The zero-order valence-electron chi connectivity index (χ0n) is 7.98. The number of nitrogens with zero attached hydrogens (tertiary/aromatic N) is 1. The van der Waals surface area contributed by atoms with E-state index in [2.05, 4.69) is 0 Å². The summed E-state index contributed by atoms with van der Waals surface area (Å²) in [6.45, 7) is 4.80. The minimum atomic E-state index is -2.61. The van der Waals surface area contributed by atoms with E-state index in [0.29, 0.717) is 6.42 Å². The lowest BCUT2D eigenvalue weighted by Gasteiger charge is -2.24. The molecule has 12 heavy (non-hydrogen) atoms. The molecule has 4 heteroatoms. The third-order valence-electron chi connectivity index (χ3n) is 1.96. The third kappa shape index (κ3) is 3.32. The van der Waals surface area contributed by atoms with Gasteiger partial charge < -0.3 is 0 Å². The first-order valence-corrected chi connectivity index (χ1v) is 4.96. The van der Waals surface area contributed by atoms with E-state index in [9.17, 15) is 8.78 Å². The maximum Gasteiger partial charge on any atom is 0.274 e. The van der Waals surface area contributed by atoms with E-state index in [0.717, 1.165) is 13.0 Å². The van der Waals surface area contributed by atoms with Crippen LogP contribution in [-0.2, 0) is 0 Å². The summed E-state index contributed by atoms with van der Waals surface area (Å²) >= 11 is 0. The van der Waals surface area contributed by atoms with Gasteiger partial charge in [0.25, 0.3) is 5.66 Å². The van der Waals surface area contributed by atoms with Crippen molar-refractivity contribution < 1.29 is 8.78 Å². The Balaban J connectivity index is 0.000000561. The van der Waals surface area contributed by atoms with Gasteiger partial charge in [-0.3, -0.25) is 4.90 Å². The topological polar surface area (TPSA) is 3.24 Å². The number of alkyl halides is 2. The summed E-state index contributed by atoms with van der Waals surface area (Å²) in [6, 6.07) is -0.558. The average Bonchev–Trinajstić information content (AvgIpc) is 2.38. The number of hydrogen-bond donors (Lipinski definition) is 0. The lowest BCUT2D eigenvalue weighted by atomic mass is 10.2. The van der Waals surface area contributed by atoms with E-state index in [1.807, 2.05) is 13.8 Å². The summed E-state index contributed by atoms with van der Waals surface area (Å²) in [6.07, 6.45) is 1.51. The highest BCUT2D eigenvalue weighted by atomic mass is 31.0. The quantitative estimate of drug-likeness (QED) is 0.584. The molecule has 0 aromatic carbocycles. The second kappa shape index (κ2) is 5.08. The lowest BCUT2D eigenvalue weighted by Crippen LogP contribution is -2.37. The second-order valence-corrected chi connectivity index (χ2v) is 3.58. The van der Waals surface area contributed by atoms with E-state index in [1.165, 1.54) is 0 Å². The molecule has 0 spiro atoms. The van der Waals surface area contributed by atoms with Gasteiger partial charge in [-0.15, -0.1) is 0 Å². The molecule has 2 atom stereocenters. The molecular formula is C8H18F2NP. The molecule has 0 aromatic rings. The van der Waals surface area contributed by atoms with E-state index in [4.69, 9.17) is 0 Å². The first kappa shape index (κ1) is 12.2. The van der Waals surface area contributed by atoms with Crippen molar-refractivity contribution in [1.29, 1.82) is 0 Å². The predicted octanol–water partition coefficient (Wildman–Crippen LogP) is 2.57. The fraction of sp³-hybridized carbons (Fsp3) is 1.00. The molecule has 0 aliphatic carbocycles. The normalized spacial score (nSPS) is 25.0. The maximum atomic E-state index is 12.6. The van der Waals surface area contributed by atoms with Gasteiger partial charge in [-0.1, -0.05) is 23.1 Å². The SMILES string of the molecule is CC.CN1CCCC1C(F)(F)P. The lowest BCUT2D eigenvalue weighted by molar-refractivity contribution is 0.0229. The summed E-state index contributed by atoms with van der Waals surface area (Å²) in [5, 5.41) is 0. The van der Waals surface area contributed by atoms with Crippen molar-refractivity contribution in [2.24, 2.45) is 0 Å². The van der Waals surface area contributed by atoms with Gasteiger partial charge in [0.2, 0.25) is 0 Å². The van der Waals surface area contributed by atoms with E-state index < -0.39 is 11.7 Å². The van der Waals surface area contributed by atoms with E-state index in [1.54, 1.807) is 21.2 Å². The Morgan fingerprint density at radius 3 is 2.08 bits per heavy atom. The molecule has 1 heterocycles. The van der Waals surface area contributed by atoms with Crippen LogP contribution in [0, 0.1) is 0 Å². The van der Waals surface area contributed by atoms with Crippen LogP contribution in [0.25, 0.3) is 0 Å². The second-order valence-electron chi connectivity index (χ2n) is 2.81. The highest BCUT2D eigenvalue weighted by molar-refractivity contribution is 7.18. The third-order valence-corrected chi connectivity index (χ3v) is 2.35. The largest absolute Gasteiger partial charge is 0.298 e. The molecule has 0 amide bonds. The van der Waals surface area contributed by atoms with Crippen LogP contribution in [0.4, 0.5) is 8.78 Å². The zero-order chi connectivity index (χ0) is 9.78. The molecule has 0 saturated carbocycles. The smallest absolute Gasteiger partial charge is 0.274 e. The average molecular weight is 197 g/mol. The number of rotatable bonds is 1. The Hall–Kier alpha value is 0.250. The molecule has 1 fully saturated rings.